The topological polar surface area (TPSA) is 66.2 Å². The second kappa shape index (κ2) is 11.3. The average molecular weight is 486 g/mol. The molecule has 35 heavy (non-hydrogen) atoms. The van der Waals surface area contributed by atoms with Crippen molar-refractivity contribution >= 4 is 13.7 Å². The van der Waals surface area contributed by atoms with Gasteiger partial charge < -0.3 is 9.05 Å². The van der Waals surface area contributed by atoms with Crippen LogP contribution in [0.4, 0.5) is 0 Å². The Kier molecular flexibility index (Phi) is 7.91. The van der Waals surface area contributed by atoms with Crippen molar-refractivity contribution in [3.8, 4) is 0 Å². The molecule has 0 amide bonds. The lowest BCUT2D eigenvalue weighted by atomic mass is 9.77. The first-order valence-electron chi connectivity index (χ1n) is 11.5. The summed E-state index contributed by atoms with van der Waals surface area (Å²) in [5.41, 5.74) is 5.28. The maximum Gasteiger partial charge on any atom is 0.361 e. The Morgan fingerprint density at radius 1 is 0.829 bits per heavy atom. The van der Waals surface area contributed by atoms with Crippen molar-refractivity contribution in [3.63, 3.8) is 0 Å². The molecule has 0 radical (unpaired) electrons. The van der Waals surface area contributed by atoms with Crippen LogP contribution in [0.5, 0.6) is 0 Å². The number of hydrogen-bond acceptors (Lipinski definition) is 5. The first-order valence-corrected chi connectivity index (χ1v) is 13.1. The first-order chi connectivity index (χ1) is 17.1. The molecule has 4 rings (SSSR count). The van der Waals surface area contributed by atoms with Gasteiger partial charge in [-0.15, -0.1) is 10.8 Å². The molecule has 0 atom stereocenters. The summed E-state index contributed by atoms with van der Waals surface area (Å²) < 4.78 is 25.1. The molecule has 3 aromatic carbocycles. The summed E-state index contributed by atoms with van der Waals surface area (Å²) in [6.45, 7) is 4.08. The summed E-state index contributed by atoms with van der Waals surface area (Å²) in [5.74, 6) is 1.74. The normalized spacial score (nSPS) is 11.6. The maximum absolute atomic E-state index is 12.7. The average Bonchev–Trinajstić information content (AvgIpc) is 3.36. The Balaban J connectivity index is 1.87. The lowest BCUT2D eigenvalue weighted by Gasteiger charge is -2.35. The van der Waals surface area contributed by atoms with Gasteiger partial charge in [-0.3, -0.25) is 4.57 Å². The highest BCUT2D eigenvalue weighted by molar-refractivity contribution is 7.57. The molecule has 1 heterocycles. The van der Waals surface area contributed by atoms with Crippen LogP contribution in [0.3, 0.4) is 0 Å². The number of rotatable bonds is 10. The molecule has 0 fully saturated rings. The quantitative estimate of drug-likeness (QED) is 0.146. The minimum Gasteiger partial charge on any atom is -0.305 e. The highest BCUT2D eigenvalue weighted by atomic mass is 31.2. The summed E-state index contributed by atoms with van der Waals surface area (Å²) in [5, 5.41) is 4.82. The van der Waals surface area contributed by atoms with E-state index >= 15 is 0 Å². The summed E-state index contributed by atoms with van der Waals surface area (Å²) in [6, 6.07) is 30.7. The molecule has 0 aliphatic rings. The Hall–Kier alpha value is -3.53. The van der Waals surface area contributed by atoms with Crippen molar-refractivity contribution in [2.24, 2.45) is 0 Å². The van der Waals surface area contributed by atoms with E-state index in [2.05, 4.69) is 47.1 Å². The Labute approximate surface area is 206 Å². The molecule has 1 aromatic heterocycles. The van der Waals surface area contributed by atoms with E-state index in [0.717, 1.165) is 16.7 Å². The van der Waals surface area contributed by atoms with E-state index in [1.165, 1.54) is 5.82 Å². The molecule has 0 N–H and O–H groups in total. The van der Waals surface area contributed by atoms with Gasteiger partial charge in [-0.05, 0) is 30.5 Å². The van der Waals surface area contributed by atoms with Crippen LogP contribution in [0, 0.1) is 0 Å². The lowest BCUT2D eigenvalue weighted by Crippen LogP contribution is -2.38. The van der Waals surface area contributed by atoms with Crippen LogP contribution in [0.15, 0.2) is 109 Å². The Morgan fingerprint density at radius 2 is 1.29 bits per heavy atom. The minimum atomic E-state index is -3.36. The second-order valence-corrected chi connectivity index (χ2v) is 9.53. The molecule has 4 aromatic rings. The van der Waals surface area contributed by atoms with Crippen LogP contribution in [0.1, 0.15) is 36.4 Å². The first kappa shape index (κ1) is 24.6. The van der Waals surface area contributed by atoms with Gasteiger partial charge in [0.25, 0.3) is 0 Å². The molecule has 0 saturated carbocycles. The third-order valence-electron chi connectivity index (χ3n) is 5.49. The van der Waals surface area contributed by atoms with E-state index in [1.54, 1.807) is 26.3 Å². The van der Waals surface area contributed by atoms with Crippen molar-refractivity contribution < 1.29 is 13.6 Å². The highest BCUT2D eigenvalue weighted by Crippen LogP contribution is 2.49. The molecule has 0 saturated heterocycles. The maximum atomic E-state index is 12.7. The van der Waals surface area contributed by atoms with E-state index < -0.39 is 13.1 Å². The van der Waals surface area contributed by atoms with Gasteiger partial charge in [0.2, 0.25) is 0 Å². The number of aromatic nitrogens is 3. The molecular weight excluding hydrogens is 457 g/mol. The third-order valence-corrected chi connectivity index (χ3v) is 7.19. The van der Waals surface area contributed by atoms with Crippen molar-refractivity contribution in [2.75, 3.05) is 13.2 Å². The highest BCUT2D eigenvalue weighted by Gasteiger charge is 2.39. The molecule has 0 unspecified atom stereocenters. The zero-order valence-electron chi connectivity index (χ0n) is 19.8. The molecule has 178 valence electrons. The van der Waals surface area contributed by atoms with E-state index in [1.807, 2.05) is 59.3 Å². The Bertz CT molecular complexity index is 1220. The van der Waals surface area contributed by atoms with Crippen molar-refractivity contribution in [1.82, 2.24) is 14.8 Å². The van der Waals surface area contributed by atoms with Crippen LogP contribution < -0.4 is 0 Å². The Morgan fingerprint density at radius 3 is 1.71 bits per heavy atom. The third kappa shape index (κ3) is 5.27. The zero-order valence-corrected chi connectivity index (χ0v) is 20.7. The summed E-state index contributed by atoms with van der Waals surface area (Å²) in [6.07, 6.45) is 3.29. The largest absolute Gasteiger partial charge is 0.361 e. The predicted molar refractivity (Wildman–Crippen MR) is 138 cm³/mol. The summed E-state index contributed by atoms with van der Waals surface area (Å²) in [7, 11) is -3.36. The van der Waals surface area contributed by atoms with Gasteiger partial charge in [0.05, 0.1) is 19.0 Å². The lowest BCUT2D eigenvalue weighted by molar-refractivity contribution is 0.229. The second-order valence-electron chi connectivity index (χ2n) is 7.67. The van der Waals surface area contributed by atoms with E-state index in [9.17, 15) is 4.57 Å². The number of nitrogens with zero attached hydrogens (tertiary/aromatic N) is 3. The fourth-order valence-corrected chi connectivity index (χ4v) is 5.31. The van der Waals surface area contributed by atoms with Crippen molar-refractivity contribution in [2.45, 2.75) is 19.4 Å². The summed E-state index contributed by atoms with van der Waals surface area (Å²) in [4.78, 5) is 4.51. The monoisotopic (exact) mass is 485 g/mol. The van der Waals surface area contributed by atoms with Gasteiger partial charge in [-0.25, -0.2) is 9.67 Å². The summed E-state index contributed by atoms with van der Waals surface area (Å²) >= 11 is 0. The fourth-order valence-electron chi connectivity index (χ4n) is 4.11. The van der Waals surface area contributed by atoms with Crippen LogP contribution in [-0.2, 0) is 19.2 Å². The van der Waals surface area contributed by atoms with Crippen molar-refractivity contribution in [3.05, 3.63) is 131 Å². The number of hydrogen-bond donors (Lipinski definition) is 0. The van der Waals surface area contributed by atoms with Crippen LogP contribution in [0.2, 0.25) is 0 Å². The molecule has 7 heteroatoms. The van der Waals surface area contributed by atoms with Gasteiger partial charge in [0, 0.05) is 6.08 Å². The van der Waals surface area contributed by atoms with Gasteiger partial charge in [-0.1, -0.05) is 91.0 Å². The van der Waals surface area contributed by atoms with Crippen LogP contribution >= 0.6 is 7.60 Å². The fraction of sp³-hybridized carbons (Fsp3) is 0.179. The van der Waals surface area contributed by atoms with Crippen molar-refractivity contribution in [1.29, 1.82) is 0 Å². The molecule has 0 aliphatic carbocycles. The van der Waals surface area contributed by atoms with Gasteiger partial charge >= 0.3 is 7.60 Å². The predicted octanol–water partition coefficient (Wildman–Crippen LogP) is 6.51. The zero-order chi connectivity index (χ0) is 24.6. The standard InChI is InChI=1S/C28H28N3O3P/c1-3-33-35(32,34-4-2)22-14-21-27-29-23-31(30-27)28(24-15-8-5-9-16-24,25-17-10-6-11-18-25)26-19-12-7-13-20-26/h5-13,15-23H,3-4H2,1-2H3. The molecular formula is C28H28N3O3P. The minimum absolute atomic E-state index is 0.274. The van der Waals surface area contributed by atoms with E-state index in [0.29, 0.717) is 5.82 Å². The van der Waals surface area contributed by atoms with Gasteiger partial charge in [-0.2, -0.15) is 0 Å². The smallest absolute Gasteiger partial charge is 0.305 e. The van der Waals surface area contributed by atoms with E-state index in [4.69, 9.17) is 14.1 Å². The number of benzene rings is 3. The van der Waals surface area contributed by atoms with Gasteiger partial charge in [0.15, 0.2) is 5.82 Å². The SMILES string of the molecule is CCOP(=O)(C=C=Cc1ncn(C(c2ccccc2)(c2ccccc2)c2ccccc2)n1)OCC. The molecule has 0 aliphatic heterocycles. The van der Waals surface area contributed by atoms with E-state index in [-0.39, 0.29) is 13.2 Å². The molecule has 0 bridgehead atoms. The molecule has 6 nitrogen and oxygen atoms in total. The van der Waals surface area contributed by atoms with Crippen LogP contribution in [0.25, 0.3) is 6.08 Å². The van der Waals surface area contributed by atoms with Gasteiger partial charge in [0.1, 0.15) is 11.9 Å². The molecule has 0 spiro atoms. The van der Waals surface area contributed by atoms with Crippen LogP contribution in [-0.4, -0.2) is 28.0 Å².